The molecule has 198 valence electrons. The summed E-state index contributed by atoms with van der Waals surface area (Å²) < 4.78 is 45.1. The summed E-state index contributed by atoms with van der Waals surface area (Å²) in [7, 11) is -2.20. The predicted octanol–water partition coefficient (Wildman–Crippen LogP) is 3.71. The second-order valence-corrected chi connectivity index (χ2v) is 10.8. The van der Waals surface area contributed by atoms with E-state index in [0.29, 0.717) is 12.2 Å². The number of carbonyl (C=O) groups is 2. The third kappa shape index (κ3) is 8.22. The van der Waals surface area contributed by atoms with Gasteiger partial charge in [0.15, 0.2) is 0 Å². The summed E-state index contributed by atoms with van der Waals surface area (Å²) in [5.41, 5.74) is 0.759. The quantitative estimate of drug-likeness (QED) is 0.434. The number of sulfonamides is 1. The molecule has 36 heavy (non-hydrogen) atoms. The van der Waals surface area contributed by atoms with Crippen LogP contribution in [0.1, 0.15) is 45.6 Å². The lowest BCUT2D eigenvalue weighted by Crippen LogP contribution is -2.50. The van der Waals surface area contributed by atoms with Crippen molar-refractivity contribution in [3.8, 4) is 5.75 Å². The van der Waals surface area contributed by atoms with Gasteiger partial charge in [0.2, 0.25) is 21.8 Å². The average Bonchev–Trinajstić information content (AvgIpc) is 2.81. The molecule has 0 aliphatic carbocycles. The first-order valence-electron chi connectivity index (χ1n) is 11.9. The molecule has 1 atom stereocenters. The minimum Gasteiger partial charge on any atom is -0.497 e. The molecule has 0 spiro atoms. The van der Waals surface area contributed by atoms with Gasteiger partial charge in [-0.25, -0.2) is 12.8 Å². The van der Waals surface area contributed by atoms with Crippen molar-refractivity contribution in [3.63, 3.8) is 0 Å². The summed E-state index contributed by atoms with van der Waals surface area (Å²) in [6, 6.07) is 12.0. The molecule has 0 aromatic heterocycles. The number of nitrogens with zero attached hydrogens (tertiary/aromatic N) is 2. The summed E-state index contributed by atoms with van der Waals surface area (Å²) in [6.07, 6.45) is 1.55. The molecule has 2 amide bonds. The molecule has 0 heterocycles. The number of rotatable bonds is 13. The number of hydrogen-bond donors (Lipinski definition) is 1. The van der Waals surface area contributed by atoms with Gasteiger partial charge in [-0.1, -0.05) is 31.2 Å². The number of hydrogen-bond acceptors (Lipinski definition) is 5. The summed E-state index contributed by atoms with van der Waals surface area (Å²) >= 11 is 0. The van der Waals surface area contributed by atoms with Gasteiger partial charge in [0.1, 0.15) is 17.6 Å². The Labute approximate surface area is 213 Å². The SMILES string of the molecule is CC[C@H](C(=O)NC(C)C)N(Cc1ccc(OC)cc1)C(=O)CCCN(c1ccccc1F)S(C)(=O)=O. The monoisotopic (exact) mass is 521 g/mol. The molecule has 2 aromatic carbocycles. The van der Waals surface area contributed by atoms with E-state index in [1.54, 1.807) is 25.3 Å². The van der Waals surface area contributed by atoms with Crippen LogP contribution in [-0.4, -0.2) is 57.1 Å². The van der Waals surface area contributed by atoms with Crippen LogP contribution in [0.15, 0.2) is 48.5 Å². The number of amides is 2. The number of halogens is 1. The normalized spacial score (nSPS) is 12.2. The number of benzene rings is 2. The first-order valence-corrected chi connectivity index (χ1v) is 13.8. The molecule has 2 aromatic rings. The van der Waals surface area contributed by atoms with Crippen LogP contribution in [-0.2, 0) is 26.2 Å². The maximum absolute atomic E-state index is 14.3. The zero-order chi connectivity index (χ0) is 26.9. The Hall–Kier alpha value is -3.14. The molecule has 0 unspecified atom stereocenters. The minimum absolute atomic E-state index is 0.0118. The third-order valence-corrected chi connectivity index (χ3v) is 6.78. The highest BCUT2D eigenvalue weighted by Gasteiger charge is 2.29. The van der Waals surface area contributed by atoms with Gasteiger partial charge in [-0.2, -0.15) is 0 Å². The Morgan fingerprint density at radius 2 is 1.72 bits per heavy atom. The molecule has 1 N–H and O–H groups in total. The summed E-state index contributed by atoms with van der Waals surface area (Å²) in [5.74, 6) is -0.529. The van der Waals surface area contributed by atoms with Gasteiger partial charge in [0.25, 0.3) is 0 Å². The van der Waals surface area contributed by atoms with Gasteiger partial charge in [-0.05, 0) is 56.5 Å². The molecular formula is C26H36FN3O5S. The fourth-order valence-electron chi connectivity index (χ4n) is 3.86. The number of carbonyl (C=O) groups excluding carboxylic acids is 2. The van der Waals surface area contributed by atoms with E-state index in [2.05, 4.69) is 5.32 Å². The van der Waals surface area contributed by atoms with Crippen LogP contribution >= 0.6 is 0 Å². The van der Waals surface area contributed by atoms with E-state index in [0.717, 1.165) is 16.1 Å². The largest absolute Gasteiger partial charge is 0.497 e. The molecule has 0 saturated carbocycles. The molecule has 0 aliphatic rings. The van der Waals surface area contributed by atoms with E-state index in [-0.39, 0.29) is 49.5 Å². The van der Waals surface area contributed by atoms with Gasteiger partial charge in [0.05, 0.1) is 19.1 Å². The van der Waals surface area contributed by atoms with Gasteiger partial charge in [-0.3, -0.25) is 13.9 Å². The molecular weight excluding hydrogens is 485 g/mol. The highest BCUT2D eigenvalue weighted by molar-refractivity contribution is 7.92. The van der Waals surface area contributed by atoms with E-state index in [1.165, 1.54) is 23.1 Å². The van der Waals surface area contributed by atoms with Crippen LogP contribution < -0.4 is 14.4 Å². The zero-order valence-electron chi connectivity index (χ0n) is 21.5. The van der Waals surface area contributed by atoms with Crippen molar-refractivity contribution in [3.05, 3.63) is 59.9 Å². The van der Waals surface area contributed by atoms with Crippen molar-refractivity contribution in [2.24, 2.45) is 0 Å². The zero-order valence-corrected chi connectivity index (χ0v) is 22.3. The summed E-state index contributed by atoms with van der Waals surface area (Å²) in [4.78, 5) is 27.8. The van der Waals surface area contributed by atoms with Crippen LogP contribution in [0.3, 0.4) is 0 Å². The van der Waals surface area contributed by atoms with E-state index >= 15 is 0 Å². The lowest BCUT2D eigenvalue weighted by molar-refractivity contribution is -0.141. The lowest BCUT2D eigenvalue weighted by Gasteiger charge is -2.31. The van der Waals surface area contributed by atoms with Crippen molar-refractivity contribution in [1.82, 2.24) is 10.2 Å². The van der Waals surface area contributed by atoms with Crippen LogP contribution in [0.4, 0.5) is 10.1 Å². The van der Waals surface area contributed by atoms with Crippen molar-refractivity contribution < 1.29 is 27.1 Å². The van der Waals surface area contributed by atoms with Gasteiger partial charge >= 0.3 is 0 Å². The van der Waals surface area contributed by atoms with Crippen LogP contribution in [0, 0.1) is 5.82 Å². The van der Waals surface area contributed by atoms with Gasteiger partial charge in [0, 0.05) is 25.6 Å². The van der Waals surface area contributed by atoms with E-state index in [1.807, 2.05) is 32.9 Å². The lowest BCUT2D eigenvalue weighted by atomic mass is 10.1. The first kappa shape index (κ1) is 29.1. The minimum atomic E-state index is -3.77. The number of para-hydroxylation sites is 1. The standard InChI is InChI=1S/C26H36FN3O5S/c1-6-23(26(32)28-19(2)3)29(18-20-13-15-21(35-4)16-14-20)25(31)12-9-17-30(36(5,33)34)24-11-8-7-10-22(24)27/h7-8,10-11,13-16,19,23H,6,9,12,17-18H2,1-5H3,(H,28,32)/t23-/m1/s1. The predicted molar refractivity (Wildman–Crippen MR) is 139 cm³/mol. The molecule has 0 fully saturated rings. The van der Waals surface area contributed by atoms with E-state index < -0.39 is 21.9 Å². The number of anilines is 1. The second kappa shape index (κ2) is 13.2. The summed E-state index contributed by atoms with van der Waals surface area (Å²) in [5, 5.41) is 2.87. The molecule has 0 aliphatic heterocycles. The van der Waals surface area contributed by atoms with E-state index in [4.69, 9.17) is 4.74 Å². The van der Waals surface area contributed by atoms with Crippen LogP contribution in [0.5, 0.6) is 5.75 Å². The Kier molecular flexibility index (Phi) is 10.7. The Morgan fingerprint density at radius 1 is 1.08 bits per heavy atom. The fourth-order valence-corrected chi connectivity index (χ4v) is 4.83. The van der Waals surface area contributed by atoms with Crippen LogP contribution in [0.2, 0.25) is 0 Å². The highest BCUT2D eigenvalue weighted by Crippen LogP contribution is 2.23. The number of methoxy groups -OCH3 is 1. The maximum Gasteiger partial charge on any atom is 0.243 e. The molecule has 10 heteroatoms. The molecule has 0 radical (unpaired) electrons. The molecule has 0 bridgehead atoms. The molecule has 2 rings (SSSR count). The molecule has 0 saturated heterocycles. The smallest absolute Gasteiger partial charge is 0.243 e. The van der Waals surface area contributed by atoms with Crippen molar-refractivity contribution in [2.45, 2.75) is 58.7 Å². The summed E-state index contributed by atoms with van der Waals surface area (Å²) in [6.45, 7) is 5.67. The third-order valence-electron chi connectivity index (χ3n) is 5.60. The van der Waals surface area contributed by atoms with Crippen molar-refractivity contribution in [1.29, 1.82) is 0 Å². The topological polar surface area (TPSA) is 96.0 Å². The Bertz CT molecular complexity index is 1120. The Balaban J connectivity index is 2.23. The average molecular weight is 522 g/mol. The molecule has 8 nitrogen and oxygen atoms in total. The van der Waals surface area contributed by atoms with Gasteiger partial charge < -0.3 is 15.0 Å². The first-order chi connectivity index (χ1) is 17.0. The number of nitrogens with one attached hydrogen (secondary N) is 1. The van der Waals surface area contributed by atoms with Crippen molar-refractivity contribution >= 4 is 27.5 Å². The Morgan fingerprint density at radius 3 is 2.25 bits per heavy atom. The second-order valence-electron chi connectivity index (χ2n) is 8.85. The van der Waals surface area contributed by atoms with E-state index in [9.17, 15) is 22.4 Å². The fraction of sp³-hybridized carbons (Fsp3) is 0.462. The maximum atomic E-state index is 14.3. The van der Waals surface area contributed by atoms with Gasteiger partial charge in [-0.15, -0.1) is 0 Å². The highest BCUT2D eigenvalue weighted by atomic mass is 32.2. The number of ether oxygens (including phenoxy) is 1. The van der Waals surface area contributed by atoms with Crippen molar-refractivity contribution in [2.75, 3.05) is 24.2 Å². The van der Waals surface area contributed by atoms with Crippen LogP contribution in [0.25, 0.3) is 0 Å².